The summed E-state index contributed by atoms with van der Waals surface area (Å²) in [5.41, 5.74) is 2.10. The molecule has 1 saturated heterocycles. The van der Waals surface area contributed by atoms with Gasteiger partial charge in [-0.25, -0.2) is 8.42 Å². The summed E-state index contributed by atoms with van der Waals surface area (Å²) in [4.78, 5) is 0.375. The Labute approximate surface area is 121 Å². The fraction of sp³-hybridized carbons (Fsp3) is 0.600. The van der Waals surface area contributed by atoms with Crippen molar-refractivity contribution < 1.29 is 13.2 Å². The van der Waals surface area contributed by atoms with Crippen molar-refractivity contribution >= 4 is 10.0 Å². The third kappa shape index (κ3) is 3.22. The molecule has 1 unspecified atom stereocenters. The van der Waals surface area contributed by atoms with E-state index in [0.717, 1.165) is 30.6 Å². The van der Waals surface area contributed by atoms with Crippen molar-refractivity contribution in [1.29, 1.82) is 0 Å². The summed E-state index contributed by atoms with van der Waals surface area (Å²) < 4.78 is 32.4. The molecule has 0 bridgehead atoms. The normalized spacial score (nSPS) is 19.7. The number of hydrogen-bond donors (Lipinski definition) is 0. The first-order valence-electron chi connectivity index (χ1n) is 7.14. The highest BCUT2D eigenvalue weighted by Gasteiger charge is 2.27. The lowest BCUT2D eigenvalue weighted by Gasteiger charge is -2.23. The summed E-state index contributed by atoms with van der Waals surface area (Å²) in [6.45, 7) is 7.45. The summed E-state index contributed by atoms with van der Waals surface area (Å²) in [5, 5.41) is 0. The average Bonchev–Trinajstić information content (AvgIpc) is 2.91. The van der Waals surface area contributed by atoms with Crippen LogP contribution in [0, 0.1) is 13.8 Å². The van der Waals surface area contributed by atoms with Crippen molar-refractivity contribution in [3.05, 3.63) is 29.3 Å². The van der Waals surface area contributed by atoms with Crippen LogP contribution in [-0.4, -0.2) is 38.5 Å². The predicted octanol–water partition coefficient (Wildman–Crippen LogP) is 2.49. The number of ether oxygens (including phenoxy) is 1. The van der Waals surface area contributed by atoms with E-state index in [1.54, 1.807) is 12.1 Å². The van der Waals surface area contributed by atoms with Gasteiger partial charge >= 0.3 is 0 Å². The van der Waals surface area contributed by atoms with Crippen LogP contribution in [0.4, 0.5) is 0 Å². The Morgan fingerprint density at radius 1 is 1.30 bits per heavy atom. The lowest BCUT2D eigenvalue weighted by atomic mass is 10.1. The minimum atomic E-state index is -3.42. The molecule has 0 N–H and O–H groups in total. The Morgan fingerprint density at radius 3 is 2.60 bits per heavy atom. The zero-order valence-corrected chi connectivity index (χ0v) is 13.2. The molecule has 0 saturated carbocycles. The fourth-order valence-electron chi connectivity index (χ4n) is 2.44. The van der Waals surface area contributed by atoms with E-state index in [2.05, 4.69) is 0 Å². The second-order valence-corrected chi connectivity index (χ2v) is 7.27. The molecule has 1 fully saturated rings. The maximum atomic E-state index is 12.7. The molecule has 0 spiro atoms. The number of sulfonamides is 1. The maximum absolute atomic E-state index is 12.7. The minimum Gasteiger partial charge on any atom is -0.377 e. The summed E-state index contributed by atoms with van der Waals surface area (Å²) in [6, 6.07) is 5.31. The Balaban J connectivity index is 2.23. The van der Waals surface area contributed by atoms with E-state index >= 15 is 0 Å². The van der Waals surface area contributed by atoms with Gasteiger partial charge in [0, 0.05) is 19.7 Å². The van der Waals surface area contributed by atoms with Gasteiger partial charge in [-0.15, -0.1) is 0 Å². The van der Waals surface area contributed by atoms with Crippen LogP contribution in [0.25, 0.3) is 0 Å². The van der Waals surface area contributed by atoms with Gasteiger partial charge in [-0.2, -0.15) is 4.31 Å². The average molecular weight is 297 g/mol. The van der Waals surface area contributed by atoms with Gasteiger partial charge in [0.15, 0.2) is 0 Å². The molecule has 1 aliphatic heterocycles. The van der Waals surface area contributed by atoms with Crippen molar-refractivity contribution in [1.82, 2.24) is 4.31 Å². The van der Waals surface area contributed by atoms with Gasteiger partial charge in [-0.05, 0) is 49.9 Å². The molecular weight excluding hydrogens is 274 g/mol. The summed E-state index contributed by atoms with van der Waals surface area (Å²) in [6.07, 6.45) is 2.00. The SMILES string of the molecule is CCN(CC1CCCO1)S(=O)(=O)c1ccc(C)c(C)c1. The highest BCUT2D eigenvalue weighted by molar-refractivity contribution is 7.89. The highest BCUT2D eigenvalue weighted by Crippen LogP contribution is 2.21. The van der Waals surface area contributed by atoms with Crippen LogP contribution in [-0.2, 0) is 14.8 Å². The van der Waals surface area contributed by atoms with Crippen molar-refractivity contribution in [3.8, 4) is 0 Å². The van der Waals surface area contributed by atoms with Crippen LogP contribution in [0.1, 0.15) is 30.9 Å². The van der Waals surface area contributed by atoms with E-state index < -0.39 is 10.0 Å². The smallest absolute Gasteiger partial charge is 0.243 e. The summed E-state index contributed by atoms with van der Waals surface area (Å²) in [7, 11) is -3.42. The Bertz CT molecular complexity index is 562. The lowest BCUT2D eigenvalue weighted by molar-refractivity contribution is 0.0947. The molecule has 1 aromatic rings. The van der Waals surface area contributed by atoms with E-state index in [1.165, 1.54) is 4.31 Å². The molecule has 1 aromatic carbocycles. The van der Waals surface area contributed by atoms with Gasteiger partial charge in [0.1, 0.15) is 0 Å². The monoisotopic (exact) mass is 297 g/mol. The second kappa shape index (κ2) is 6.24. The topological polar surface area (TPSA) is 46.6 Å². The lowest BCUT2D eigenvalue weighted by Crippen LogP contribution is -2.37. The van der Waals surface area contributed by atoms with Gasteiger partial charge in [0.2, 0.25) is 10.0 Å². The summed E-state index contributed by atoms with van der Waals surface area (Å²) in [5.74, 6) is 0. The standard InChI is InChI=1S/C15H23NO3S/c1-4-16(11-14-6-5-9-19-14)20(17,18)15-8-7-12(2)13(3)10-15/h7-8,10,14H,4-6,9,11H2,1-3H3. The van der Waals surface area contributed by atoms with E-state index in [1.807, 2.05) is 26.8 Å². The highest BCUT2D eigenvalue weighted by atomic mass is 32.2. The molecule has 4 nitrogen and oxygen atoms in total. The molecule has 0 aromatic heterocycles. The van der Waals surface area contributed by atoms with Crippen molar-refractivity contribution in [2.45, 2.75) is 44.6 Å². The molecule has 0 amide bonds. The van der Waals surface area contributed by atoms with Crippen LogP contribution in [0.3, 0.4) is 0 Å². The van der Waals surface area contributed by atoms with E-state index in [0.29, 0.717) is 18.0 Å². The fourth-order valence-corrected chi connectivity index (χ4v) is 4.00. The molecule has 1 atom stereocenters. The third-order valence-electron chi connectivity index (χ3n) is 3.90. The Hall–Kier alpha value is -0.910. The molecule has 1 heterocycles. The number of likely N-dealkylation sites (N-methyl/N-ethyl adjacent to an activating group) is 1. The molecular formula is C15H23NO3S. The van der Waals surface area contributed by atoms with Gasteiger partial charge in [-0.3, -0.25) is 0 Å². The molecule has 1 aliphatic rings. The number of benzene rings is 1. The first kappa shape index (κ1) is 15.5. The molecule has 112 valence electrons. The van der Waals surface area contributed by atoms with Gasteiger partial charge in [0.25, 0.3) is 0 Å². The molecule has 2 rings (SSSR count). The number of aryl methyl sites for hydroxylation is 2. The maximum Gasteiger partial charge on any atom is 0.243 e. The van der Waals surface area contributed by atoms with Crippen molar-refractivity contribution in [2.75, 3.05) is 19.7 Å². The molecule has 0 radical (unpaired) electrons. The molecule has 20 heavy (non-hydrogen) atoms. The zero-order valence-electron chi connectivity index (χ0n) is 12.4. The van der Waals surface area contributed by atoms with Crippen molar-refractivity contribution in [3.63, 3.8) is 0 Å². The molecule has 0 aliphatic carbocycles. The summed E-state index contributed by atoms with van der Waals surface area (Å²) >= 11 is 0. The van der Waals surface area contributed by atoms with E-state index in [4.69, 9.17) is 4.74 Å². The minimum absolute atomic E-state index is 0.0382. The van der Waals surface area contributed by atoms with Crippen LogP contribution >= 0.6 is 0 Å². The largest absolute Gasteiger partial charge is 0.377 e. The first-order valence-corrected chi connectivity index (χ1v) is 8.58. The van der Waals surface area contributed by atoms with Crippen molar-refractivity contribution in [2.24, 2.45) is 0 Å². The number of hydrogen-bond acceptors (Lipinski definition) is 3. The predicted molar refractivity (Wildman–Crippen MR) is 79.3 cm³/mol. The molecule has 5 heteroatoms. The van der Waals surface area contributed by atoms with Gasteiger partial charge in [-0.1, -0.05) is 13.0 Å². The van der Waals surface area contributed by atoms with Crippen LogP contribution in [0.15, 0.2) is 23.1 Å². The quantitative estimate of drug-likeness (QED) is 0.839. The van der Waals surface area contributed by atoms with E-state index in [9.17, 15) is 8.42 Å². The zero-order chi connectivity index (χ0) is 14.8. The van der Waals surface area contributed by atoms with Gasteiger partial charge < -0.3 is 4.74 Å². The van der Waals surface area contributed by atoms with Gasteiger partial charge in [0.05, 0.1) is 11.0 Å². The van der Waals surface area contributed by atoms with E-state index in [-0.39, 0.29) is 6.10 Å². The second-order valence-electron chi connectivity index (χ2n) is 5.34. The van der Waals surface area contributed by atoms with Crippen LogP contribution in [0.5, 0.6) is 0 Å². The first-order chi connectivity index (χ1) is 9.45. The Morgan fingerprint density at radius 2 is 2.05 bits per heavy atom. The number of rotatable bonds is 5. The Kier molecular flexibility index (Phi) is 4.83. The third-order valence-corrected chi connectivity index (χ3v) is 5.84. The van der Waals surface area contributed by atoms with Crippen LogP contribution in [0.2, 0.25) is 0 Å². The number of nitrogens with zero attached hydrogens (tertiary/aromatic N) is 1. The van der Waals surface area contributed by atoms with Crippen LogP contribution < -0.4 is 0 Å².